The Morgan fingerprint density at radius 3 is 2.68 bits per heavy atom. The molecule has 0 amide bonds. The van der Waals surface area contributed by atoms with Gasteiger partial charge in [0.2, 0.25) is 5.89 Å². The van der Waals surface area contributed by atoms with Gasteiger partial charge in [0.15, 0.2) is 0 Å². The number of esters is 1. The Morgan fingerprint density at radius 1 is 1.14 bits per heavy atom. The Balaban J connectivity index is 2.26. The minimum Gasteiger partial charge on any atom is -0.426 e. The van der Waals surface area contributed by atoms with Gasteiger partial charge in [0.25, 0.3) is 0 Å². The lowest BCUT2D eigenvalue weighted by molar-refractivity contribution is -0.131. The Kier molecular flexibility index (Phi) is 3.47. The molecule has 0 aliphatic heterocycles. The Labute approximate surface area is 126 Å². The third kappa shape index (κ3) is 2.48. The number of para-hydroxylation sites is 2. The number of aryl methyl sites for hydroxylation is 1. The normalized spacial score (nSPS) is 10.6. The number of fused-ring (bicyclic) bond motifs is 1. The van der Waals surface area contributed by atoms with Gasteiger partial charge in [0, 0.05) is 6.92 Å². The van der Waals surface area contributed by atoms with E-state index in [2.05, 4.69) is 4.98 Å². The van der Waals surface area contributed by atoms with Crippen molar-refractivity contribution in [2.45, 2.75) is 13.8 Å². The van der Waals surface area contributed by atoms with Gasteiger partial charge in [-0.1, -0.05) is 24.3 Å². The van der Waals surface area contributed by atoms with Gasteiger partial charge < -0.3 is 9.15 Å². The van der Waals surface area contributed by atoms with Crippen molar-refractivity contribution in [2.75, 3.05) is 0 Å². The first-order valence-corrected chi connectivity index (χ1v) is 6.74. The fraction of sp³-hybridized carbons (Fsp3) is 0.118. The van der Waals surface area contributed by atoms with Gasteiger partial charge in [-0.15, -0.1) is 0 Å². The molecule has 0 atom stereocenters. The monoisotopic (exact) mass is 295 g/mol. The second-order valence-electron chi connectivity index (χ2n) is 4.87. The number of hydrogen-bond donors (Lipinski definition) is 0. The number of nitrogens with zero attached hydrogens (tertiary/aromatic N) is 1. The van der Waals surface area contributed by atoms with E-state index in [0.29, 0.717) is 22.2 Å². The van der Waals surface area contributed by atoms with E-state index in [0.717, 1.165) is 5.56 Å². The van der Waals surface area contributed by atoms with Crippen LogP contribution in [0, 0.1) is 6.92 Å². The van der Waals surface area contributed by atoms with Crippen LogP contribution >= 0.6 is 0 Å². The molecule has 5 nitrogen and oxygen atoms in total. The lowest BCUT2D eigenvalue weighted by Gasteiger charge is -2.08. The summed E-state index contributed by atoms with van der Waals surface area (Å²) in [4.78, 5) is 27.8. The fourth-order valence-electron chi connectivity index (χ4n) is 2.24. The van der Waals surface area contributed by atoms with Crippen molar-refractivity contribution in [3.63, 3.8) is 0 Å². The van der Waals surface area contributed by atoms with Crippen LogP contribution in [0.1, 0.15) is 12.5 Å². The lowest BCUT2D eigenvalue weighted by atomic mass is 10.1. The highest BCUT2D eigenvalue weighted by Gasteiger charge is 2.14. The van der Waals surface area contributed by atoms with Crippen molar-refractivity contribution >= 4 is 16.9 Å². The number of carbonyl (C=O) groups is 1. The molecule has 0 unspecified atom stereocenters. The van der Waals surface area contributed by atoms with Crippen molar-refractivity contribution in [2.24, 2.45) is 0 Å². The van der Waals surface area contributed by atoms with E-state index < -0.39 is 11.6 Å². The molecule has 0 saturated heterocycles. The molecule has 0 saturated carbocycles. The van der Waals surface area contributed by atoms with Gasteiger partial charge in [0.1, 0.15) is 5.75 Å². The number of aromatic nitrogens is 1. The zero-order chi connectivity index (χ0) is 15.7. The highest BCUT2D eigenvalue weighted by molar-refractivity contribution is 5.82. The molecule has 0 bridgehead atoms. The molecule has 5 heteroatoms. The minimum absolute atomic E-state index is 0.128. The van der Waals surface area contributed by atoms with Crippen LogP contribution in [0.3, 0.4) is 0 Å². The molecular weight excluding hydrogens is 282 g/mol. The van der Waals surface area contributed by atoms with E-state index in [1.165, 1.54) is 6.92 Å². The summed E-state index contributed by atoms with van der Waals surface area (Å²) in [6, 6.07) is 12.1. The first-order chi connectivity index (χ1) is 10.6. The molecule has 0 fully saturated rings. The number of hydrogen-bond acceptors (Lipinski definition) is 5. The lowest BCUT2D eigenvalue weighted by Crippen LogP contribution is -2.06. The predicted octanol–water partition coefficient (Wildman–Crippen LogP) is 3.09. The molecule has 0 aliphatic rings. The van der Waals surface area contributed by atoms with Gasteiger partial charge >= 0.3 is 11.6 Å². The van der Waals surface area contributed by atoms with E-state index in [1.54, 1.807) is 36.4 Å². The van der Waals surface area contributed by atoms with Gasteiger partial charge in [-0.05, 0) is 30.7 Å². The molecule has 0 aliphatic carbocycles. The smallest absolute Gasteiger partial charge is 0.347 e. The predicted molar refractivity (Wildman–Crippen MR) is 81.8 cm³/mol. The van der Waals surface area contributed by atoms with Crippen LogP contribution in [0.25, 0.3) is 22.4 Å². The average molecular weight is 295 g/mol. The molecular formula is C17H13NO4. The molecule has 22 heavy (non-hydrogen) atoms. The first kappa shape index (κ1) is 14.0. The minimum atomic E-state index is -0.471. The topological polar surface area (TPSA) is 69.4 Å². The second-order valence-corrected chi connectivity index (χ2v) is 4.87. The van der Waals surface area contributed by atoms with Gasteiger partial charge in [-0.3, -0.25) is 4.79 Å². The number of carbonyl (C=O) groups excluding carboxylic acids is 1. The van der Waals surface area contributed by atoms with Crippen LogP contribution in [-0.4, -0.2) is 11.0 Å². The second kappa shape index (κ2) is 5.44. The zero-order valence-electron chi connectivity index (χ0n) is 12.1. The Hall–Kier alpha value is -2.95. The number of ether oxygens (including phenoxy) is 1. The quantitative estimate of drug-likeness (QED) is 0.536. The van der Waals surface area contributed by atoms with Crippen LogP contribution < -0.4 is 10.4 Å². The highest BCUT2D eigenvalue weighted by Crippen LogP contribution is 2.29. The molecule has 0 radical (unpaired) electrons. The standard InChI is InChI=1S/C17H13NO4/c1-10-6-5-8-13-15(10)18-16(22-17(13)20)12-7-3-4-9-14(12)21-11(2)19/h3-9H,1-2H3. The molecule has 3 aromatic rings. The van der Waals surface area contributed by atoms with Gasteiger partial charge in [-0.2, -0.15) is 0 Å². The summed E-state index contributed by atoms with van der Waals surface area (Å²) in [7, 11) is 0. The van der Waals surface area contributed by atoms with E-state index in [1.807, 2.05) is 13.0 Å². The summed E-state index contributed by atoms with van der Waals surface area (Å²) in [5, 5.41) is 0.425. The summed E-state index contributed by atoms with van der Waals surface area (Å²) in [6.45, 7) is 3.18. The van der Waals surface area contributed by atoms with Crippen LogP contribution in [0.4, 0.5) is 0 Å². The van der Waals surface area contributed by atoms with Crippen LogP contribution in [0.15, 0.2) is 51.7 Å². The van der Waals surface area contributed by atoms with Crippen molar-refractivity contribution in [1.82, 2.24) is 4.98 Å². The fourth-order valence-corrected chi connectivity index (χ4v) is 2.24. The first-order valence-electron chi connectivity index (χ1n) is 6.74. The zero-order valence-corrected chi connectivity index (χ0v) is 12.1. The van der Waals surface area contributed by atoms with Crippen molar-refractivity contribution in [3.05, 3.63) is 58.4 Å². The van der Waals surface area contributed by atoms with Crippen molar-refractivity contribution in [1.29, 1.82) is 0 Å². The van der Waals surface area contributed by atoms with Gasteiger partial charge in [0.05, 0.1) is 16.5 Å². The van der Waals surface area contributed by atoms with Crippen molar-refractivity contribution < 1.29 is 13.9 Å². The van der Waals surface area contributed by atoms with E-state index >= 15 is 0 Å². The molecule has 110 valence electrons. The van der Waals surface area contributed by atoms with Crippen molar-refractivity contribution in [3.8, 4) is 17.2 Å². The number of rotatable bonds is 2. The summed E-state index contributed by atoms with van der Waals surface area (Å²) < 4.78 is 10.4. The van der Waals surface area contributed by atoms with Crippen LogP contribution in [-0.2, 0) is 4.79 Å². The Morgan fingerprint density at radius 2 is 1.91 bits per heavy atom. The van der Waals surface area contributed by atoms with Crippen LogP contribution in [0.2, 0.25) is 0 Å². The maximum Gasteiger partial charge on any atom is 0.347 e. The summed E-state index contributed by atoms with van der Waals surface area (Å²) in [5.41, 5.74) is 1.43. The Bertz CT molecular complexity index is 927. The largest absolute Gasteiger partial charge is 0.426 e. The third-order valence-electron chi connectivity index (χ3n) is 3.23. The van der Waals surface area contributed by atoms with E-state index in [4.69, 9.17) is 9.15 Å². The summed E-state index contributed by atoms with van der Waals surface area (Å²) in [6.07, 6.45) is 0. The number of benzene rings is 2. The molecule has 1 aromatic heterocycles. The van der Waals surface area contributed by atoms with E-state index in [-0.39, 0.29) is 5.89 Å². The third-order valence-corrected chi connectivity index (χ3v) is 3.23. The highest BCUT2D eigenvalue weighted by atomic mass is 16.5. The molecule has 0 N–H and O–H groups in total. The molecule has 2 aromatic carbocycles. The summed E-state index contributed by atoms with van der Waals surface area (Å²) in [5.74, 6) is -0.0194. The maximum absolute atomic E-state index is 12.1. The SMILES string of the molecule is CC(=O)Oc1ccccc1-c1nc2c(C)cccc2c(=O)o1. The molecule has 3 rings (SSSR count). The summed E-state index contributed by atoms with van der Waals surface area (Å²) >= 11 is 0. The molecule has 0 spiro atoms. The molecule has 1 heterocycles. The van der Waals surface area contributed by atoms with Crippen LogP contribution in [0.5, 0.6) is 5.75 Å². The van der Waals surface area contributed by atoms with Gasteiger partial charge in [-0.25, -0.2) is 9.78 Å². The average Bonchev–Trinajstić information content (AvgIpc) is 2.48. The maximum atomic E-state index is 12.1. The van der Waals surface area contributed by atoms with E-state index in [9.17, 15) is 9.59 Å².